The van der Waals surface area contributed by atoms with Gasteiger partial charge >= 0.3 is 0 Å². The summed E-state index contributed by atoms with van der Waals surface area (Å²) in [6.07, 6.45) is 0. The van der Waals surface area contributed by atoms with Gasteiger partial charge in [-0.15, -0.1) is 0 Å². The smallest absolute Gasteiger partial charge is 0.241 e. The number of aryl methyl sites for hydroxylation is 2. The first-order valence-electron chi connectivity index (χ1n) is 10.1. The Hall–Kier alpha value is -1.63. The monoisotopic (exact) mass is 408 g/mol. The number of hydrogen-bond acceptors (Lipinski definition) is 4. The van der Waals surface area contributed by atoms with Crippen LogP contribution >= 0.6 is 11.6 Å². The molecule has 7 heteroatoms. The highest BCUT2D eigenvalue weighted by Gasteiger charge is 2.27. The van der Waals surface area contributed by atoms with Gasteiger partial charge in [0.25, 0.3) is 0 Å². The maximum absolute atomic E-state index is 12.7. The van der Waals surface area contributed by atoms with Gasteiger partial charge in [-0.05, 0) is 51.8 Å². The molecule has 1 N–H and O–H groups in total. The Balaban J connectivity index is 1.88. The number of piperazine rings is 1. The van der Waals surface area contributed by atoms with E-state index in [4.69, 9.17) is 11.6 Å². The SMILES string of the molecule is CCN(CC)C(=O)CN1CCN(C(C)C(=O)Nc2c(C)cc(C)cc2Cl)CC1. The van der Waals surface area contributed by atoms with E-state index in [1.807, 2.05) is 51.7 Å². The van der Waals surface area contributed by atoms with Crippen molar-refractivity contribution in [3.8, 4) is 0 Å². The van der Waals surface area contributed by atoms with Gasteiger partial charge in [-0.1, -0.05) is 17.7 Å². The van der Waals surface area contributed by atoms with Crippen molar-refractivity contribution >= 4 is 29.1 Å². The molecule has 1 saturated heterocycles. The molecule has 0 aromatic heterocycles. The van der Waals surface area contributed by atoms with E-state index in [-0.39, 0.29) is 17.9 Å². The highest BCUT2D eigenvalue weighted by Crippen LogP contribution is 2.27. The van der Waals surface area contributed by atoms with Gasteiger partial charge in [0.05, 0.1) is 23.3 Å². The van der Waals surface area contributed by atoms with Gasteiger partial charge < -0.3 is 10.2 Å². The van der Waals surface area contributed by atoms with Crippen LogP contribution in [0.5, 0.6) is 0 Å². The zero-order valence-corrected chi connectivity index (χ0v) is 18.5. The summed E-state index contributed by atoms with van der Waals surface area (Å²) < 4.78 is 0. The van der Waals surface area contributed by atoms with Crippen molar-refractivity contribution in [3.63, 3.8) is 0 Å². The van der Waals surface area contributed by atoms with E-state index in [1.165, 1.54) is 0 Å². The second kappa shape index (κ2) is 10.2. The van der Waals surface area contributed by atoms with Crippen LogP contribution in [0.2, 0.25) is 5.02 Å². The van der Waals surface area contributed by atoms with Gasteiger partial charge in [0.15, 0.2) is 0 Å². The highest BCUT2D eigenvalue weighted by atomic mass is 35.5. The Morgan fingerprint density at radius 2 is 1.75 bits per heavy atom. The lowest BCUT2D eigenvalue weighted by atomic mass is 10.1. The molecule has 6 nitrogen and oxygen atoms in total. The van der Waals surface area contributed by atoms with Crippen LogP contribution in [0, 0.1) is 13.8 Å². The molecule has 0 radical (unpaired) electrons. The van der Waals surface area contributed by atoms with E-state index in [0.717, 1.165) is 50.4 Å². The molecule has 0 spiro atoms. The summed E-state index contributed by atoms with van der Waals surface area (Å²) in [5, 5.41) is 3.56. The van der Waals surface area contributed by atoms with Gasteiger partial charge in [-0.2, -0.15) is 0 Å². The molecule has 156 valence electrons. The largest absolute Gasteiger partial charge is 0.342 e. The van der Waals surface area contributed by atoms with Crippen LogP contribution in [0.4, 0.5) is 5.69 Å². The standard InChI is InChI=1S/C21H33ClN4O2/c1-6-25(7-2)19(27)14-24-8-10-26(11-9-24)17(5)21(28)23-20-16(4)12-15(3)13-18(20)22/h12-13,17H,6-11,14H2,1-5H3,(H,23,28). The average Bonchev–Trinajstić information content (AvgIpc) is 2.65. The van der Waals surface area contributed by atoms with Crippen molar-refractivity contribution in [1.82, 2.24) is 14.7 Å². The summed E-state index contributed by atoms with van der Waals surface area (Å²) in [6.45, 7) is 14.9. The molecule has 2 amide bonds. The molecule has 1 aliphatic heterocycles. The summed E-state index contributed by atoms with van der Waals surface area (Å²) in [5.74, 6) is 0.121. The summed E-state index contributed by atoms with van der Waals surface area (Å²) in [4.78, 5) is 31.2. The van der Waals surface area contributed by atoms with Crippen LogP contribution < -0.4 is 5.32 Å². The summed E-state index contributed by atoms with van der Waals surface area (Å²) >= 11 is 6.32. The van der Waals surface area contributed by atoms with Crippen molar-refractivity contribution in [2.75, 3.05) is 51.1 Å². The van der Waals surface area contributed by atoms with Crippen molar-refractivity contribution in [3.05, 3.63) is 28.3 Å². The van der Waals surface area contributed by atoms with Crippen molar-refractivity contribution < 1.29 is 9.59 Å². The first kappa shape index (κ1) is 22.7. The maximum atomic E-state index is 12.7. The van der Waals surface area contributed by atoms with Crippen molar-refractivity contribution in [2.45, 2.75) is 40.7 Å². The number of nitrogens with one attached hydrogen (secondary N) is 1. The van der Waals surface area contributed by atoms with E-state index in [9.17, 15) is 9.59 Å². The minimum atomic E-state index is -0.252. The number of rotatable bonds is 7. The Morgan fingerprint density at radius 3 is 2.29 bits per heavy atom. The molecule has 0 bridgehead atoms. The summed E-state index contributed by atoms with van der Waals surface area (Å²) in [7, 11) is 0. The van der Waals surface area contributed by atoms with E-state index >= 15 is 0 Å². The van der Waals surface area contributed by atoms with Crippen molar-refractivity contribution in [2.24, 2.45) is 0 Å². The Bertz CT molecular complexity index is 675. The third-order valence-corrected chi connectivity index (χ3v) is 5.79. The van der Waals surface area contributed by atoms with Crippen LogP contribution in [0.15, 0.2) is 12.1 Å². The number of carbonyl (C=O) groups is 2. The molecule has 1 unspecified atom stereocenters. The lowest BCUT2D eigenvalue weighted by Gasteiger charge is -2.37. The predicted molar refractivity (Wildman–Crippen MR) is 115 cm³/mol. The van der Waals surface area contributed by atoms with Crippen molar-refractivity contribution in [1.29, 1.82) is 0 Å². The quantitative estimate of drug-likeness (QED) is 0.753. The molecule has 2 rings (SSSR count). The molecular weight excluding hydrogens is 376 g/mol. The lowest BCUT2D eigenvalue weighted by Crippen LogP contribution is -2.54. The number of hydrogen-bond donors (Lipinski definition) is 1. The molecule has 1 fully saturated rings. The molecule has 1 aliphatic rings. The fourth-order valence-electron chi connectivity index (χ4n) is 3.64. The number of likely N-dealkylation sites (N-methyl/N-ethyl adjacent to an activating group) is 1. The number of halogens is 1. The summed E-state index contributed by atoms with van der Waals surface area (Å²) in [5.41, 5.74) is 2.72. The molecule has 1 aromatic rings. The number of anilines is 1. The third kappa shape index (κ3) is 5.69. The third-order valence-electron chi connectivity index (χ3n) is 5.49. The maximum Gasteiger partial charge on any atom is 0.241 e. The number of carbonyl (C=O) groups excluding carboxylic acids is 2. The number of amides is 2. The highest BCUT2D eigenvalue weighted by molar-refractivity contribution is 6.34. The van der Waals surface area contributed by atoms with E-state index < -0.39 is 0 Å². The van der Waals surface area contributed by atoms with Crippen LogP contribution in [0.25, 0.3) is 0 Å². The molecule has 1 heterocycles. The minimum Gasteiger partial charge on any atom is -0.342 e. The number of nitrogens with zero attached hydrogens (tertiary/aromatic N) is 3. The van der Waals surface area contributed by atoms with Gasteiger partial charge in [-0.25, -0.2) is 0 Å². The Labute approximate surface area is 173 Å². The van der Waals surface area contributed by atoms with Gasteiger partial charge in [0.2, 0.25) is 11.8 Å². The number of benzene rings is 1. The van der Waals surface area contributed by atoms with Crippen LogP contribution in [0.1, 0.15) is 31.9 Å². The second-order valence-electron chi connectivity index (χ2n) is 7.48. The molecule has 1 aromatic carbocycles. The van der Waals surface area contributed by atoms with E-state index in [2.05, 4.69) is 15.1 Å². The second-order valence-corrected chi connectivity index (χ2v) is 7.89. The first-order chi connectivity index (χ1) is 13.3. The normalized spacial score (nSPS) is 16.6. The lowest BCUT2D eigenvalue weighted by molar-refractivity contribution is -0.133. The molecule has 0 aliphatic carbocycles. The average molecular weight is 409 g/mol. The molecule has 0 saturated carbocycles. The molecule has 1 atom stereocenters. The minimum absolute atomic E-state index is 0.0541. The van der Waals surface area contributed by atoms with E-state index in [0.29, 0.717) is 17.3 Å². The van der Waals surface area contributed by atoms with Gasteiger partial charge in [0.1, 0.15) is 0 Å². The van der Waals surface area contributed by atoms with Crippen LogP contribution in [0.3, 0.4) is 0 Å². The molecule has 28 heavy (non-hydrogen) atoms. The van der Waals surface area contributed by atoms with E-state index in [1.54, 1.807) is 0 Å². The fourth-order valence-corrected chi connectivity index (χ4v) is 4.01. The topological polar surface area (TPSA) is 55.9 Å². The molecular formula is C21H33ClN4O2. The zero-order valence-electron chi connectivity index (χ0n) is 17.7. The summed E-state index contributed by atoms with van der Waals surface area (Å²) in [6, 6.07) is 3.62. The first-order valence-corrected chi connectivity index (χ1v) is 10.5. The van der Waals surface area contributed by atoms with Gasteiger partial charge in [-0.3, -0.25) is 19.4 Å². The Morgan fingerprint density at radius 1 is 1.14 bits per heavy atom. The van der Waals surface area contributed by atoms with Crippen LogP contribution in [-0.4, -0.2) is 78.4 Å². The van der Waals surface area contributed by atoms with Gasteiger partial charge in [0, 0.05) is 39.3 Å². The zero-order chi connectivity index (χ0) is 20.8. The fraction of sp³-hybridized carbons (Fsp3) is 0.619. The predicted octanol–water partition coefficient (Wildman–Crippen LogP) is 2.77. The van der Waals surface area contributed by atoms with Crippen LogP contribution in [-0.2, 0) is 9.59 Å². The Kier molecular flexibility index (Phi) is 8.28.